The van der Waals surface area contributed by atoms with Crippen molar-refractivity contribution in [3.63, 3.8) is 0 Å². The fraction of sp³-hybridized carbons (Fsp3) is 0.250. The highest BCUT2D eigenvalue weighted by Gasteiger charge is 1.97. The second-order valence-electron chi connectivity index (χ2n) is 1.44. The normalized spacial score (nSPS) is 9.62. The molecule has 4 heteroatoms. The van der Waals surface area contributed by atoms with Crippen molar-refractivity contribution in [1.29, 1.82) is 0 Å². The average molecular weight is 131 g/mol. The maximum absolute atomic E-state index is 10.3. The highest BCUT2D eigenvalue weighted by Crippen LogP contribution is 2.14. The first-order valence-corrected chi connectivity index (χ1v) is 2.90. The highest BCUT2D eigenvalue weighted by atomic mass is 32.1. The van der Waals surface area contributed by atoms with E-state index in [-0.39, 0.29) is 9.94 Å². The van der Waals surface area contributed by atoms with Crippen molar-refractivity contribution >= 4 is 11.3 Å². The highest BCUT2D eigenvalue weighted by molar-refractivity contribution is 7.11. The largest absolute Gasteiger partial charge is 0.498 e. The van der Waals surface area contributed by atoms with Gasteiger partial charge in [0.05, 0.1) is 5.69 Å². The molecule has 0 saturated heterocycles. The zero-order valence-corrected chi connectivity index (χ0v) is 5.08. The molecule has 0 unspecified atom stereocenters. The summed E-state index contributed by atoms with van der Waals surface area (Å²) in [6, 6.07) is 0. The van der Waals surface area contributed by atoms with Gasteiger partial charge in [-0.05, 0) is 18.3 Å². The van der Waals surface area contributed by atoms with Crippen LogP contribution >= 0.6 is 11.3 Å². The molecule has 0 spiro atoms. The minimum Gasteiger partial charge on any atom is -0.498 e. The average Bonchev–Trinajstić information content (AvgIpc) is 1.85. The van der Waals surface area contributed by atoms with Gasteiger partial charge in [0, 0.05) is 0 Å². The smallest absolute Gasteiger partial charge is 0.308 e. The van der Waals surface area contributed by atoms with Crippen LogP contribution in [0.1, 0.15) is 5.69 Å². The number of aryl methyl sites for hydroxylation is 1. The molecule has 0 saturated carbocycles. The van der Waals surface area contributed by atoms with Crippen LogP contribution in [0.4, 0.5) is 0 Å². The van der Waals surface area contributed by atoms with Gasteiger partial charge in [-0.15, -0.1) is 0 Å². The van der Waals surface area contributed by atoms with Gasteiger partial charge in [0.25, 0.3) is 0 Å². The Hall–Kier alpha value is -0.770. The Balaban J connectivity index is 3.35. The number of aromatic nitrogens is 1. The summed E-state index contributed by atoms with van der Waals surface area (Å²) in [4.78, 5) is 12.5. The van der Waals surface area contributed by atoms with Gasteiger partial charge in [0.2, 0.25) is 0 Å². The third-order valence-corrected chi connectivity index (χ3v) is 1.59. The molecular weight excluding hydrogens is 126 g/mol. The Morgan fingerprint density at radius 2 is 2.38 bits per heavy atom. The van der Waals surface area contributed by atoms with Crippen LogP contribution in [0.15, 0.2) is 4.79 Å². The van der Waals surface area contributed by atoms with Crippen molar-refractivity contribution < 1.29 is 5.11 Å². The fourth-order valence-electron chi connectivity index (χ4n) is 0.396. The molecule has 1 aromatic heterocycles. The maximum Gasteiger partial charge on any atom is 0.308 e. The van der Waals surface area contributed by atoms with Gasteiger partial charge in [-0.1, -0.05) is 0 Å². The molecule has 0 aliphatic carbocycles. The molecule has 0 aliphatic rings. The van der Waals surface area contributed by atoms with Crippen molar-refractivity contribution in [2.24, 2.45) is 0 Å². The monoisotopic (exact) mass is 131 g/mol. The van der Waals surface area contributed by atoms with Gasteiger partial charge < -0.3 is 10.1 Å². The number of hydrogen-bond donors (Lipinski definition) is 2. The number of thiazole rings is 1. The van der Waals surface area contributed by atoms with Gasteiger partial charge in [-0.2, -0.15) is 0 Å². The van der Waals surface area contributed by atoms with Crippen LogP contribution < -0.4 is 4.87 Å². The molecule has 2 N–H and O–H groups in total. The summed E-state index contributed by atoms with van der Waals surface area (Å²) < 4.78 is 0. The Morgan fingerprint density at radius 1 is 1.75 bits per heavy atom. The second-order valence-corrected chi connectivity index (χ2v) is 2.41. The number of aromatic amines is 1. The van der Waals surface area contributed by atoms with E-state index < -0.39 is 0 Å². The van der Waals surface area contributed by atoms with Crippen molar-refractivity contribution in [1.82, 2.24) is 4.98 Å². The fourth-order valence-corrected chi connectivity index (χ4v) is 0.980. The molecule has 0 aliphatic heterocycles. The molecule has 0 atom stereocenters. The van der Waals surface area contributed by atoms with Crippen LogP contribution in [0, 0.1) is 6.92 Å². The van der Waals surface area contributed by atoms with E-state index in [0.717, 1.165) is 11.3 Å². The van der Waals surface area contributed by atoms with E-state index in [0.29, 0.717) is 5.69 Å². The molecule has 0 bridgehead atoms. The predicted molar refractivity (Wildman–Crippen MR) is 31.3 cm³/mol. The summed E-state index contributed by atoms with van der Waals surface area (Å²) in [5.41, 5.74) is 0.542. The summed E-state index contributed by atoms with van der Waals surface area (Å²) in [5.74, 6) is 0. The lowest BCUT2D eigenvalue weighted by atomic mass is 10.6. The Bertz CT molecular complexity index is 214. The molecule has 1 rings (SSSR count). The third kappa shape index (κ3) is 0.742. The summed E-state index contributed by atoms with van der Waals surface area (Å²) >= 11 is 0.814. The summed E-state index contributed by atoms with van der Waals surface area (Å²) in [6.07, 6.45) is 0. The number of aromatic hydroxyl groups is 1. The predicted octanol–water partition coefficient (Wildman–Crippen LogP) is 0.450. The summed E-state index contributed by atoms with van der Waals surface area (Å²) in [5, 5.41) is 8.81. The molecule has 0 amide bonds. The lowest BCUT2D eigenvalue weighted by molar-refractivity contribution is 0.485. The molecule has 0 radical (unpaired) electrons. The molecule has 44 valence electrons. The second kappa shape index (κ2) is 1.63. The number of nitrogens with one attached hydrogen (secondary N) is 1. The molecular formula is C4H5NO2S. The van der Waals surface area contributed by atoms with Crippen molar-refractivity contribution in [2.75, 3.05) is 0 Å². The van der Waals surface area contributed by atoms with Crippen molar-refractivity contribution in [2.45, 2.75) is 6.92 Å². The minimum absolute atomic E-state index is 0.0787. The van der Waals surface area contributed by atoms with Gasteiger partial charge in [0.15, 0.2) is 5.06 Å². The van der Waals surface area contributed by atoms with Crippen LogP contribution in [0.3, 0.4) is 0 Å². The molecule has 1 aromatic rings. The number of rotatable bonds is 0. The SMILES string of the molecule is Cc1[nH]c(=O)sc1O. The quantitative estimate of drug-likeness (QED) is 0.537. The van der Waals surface area contributed by atoms with Gasteiger partial charge in [-0.3, -0.25) is 4.79 Å². The van der Waals surface area contributed by atoms with Gasteiger partial charge >= 0.3 is 4.87 Å². The molecule has 3 nitrogen and oxygen atoms in total. The van der Waals surface area contributed by atoms with E-state index in [1.54, 1.807) is 6.92 Å². The Morgan fingerprint density at radius 3 is 2.50 bits per heavy atom. The van der Waals surface area contributed by atoms with E-state index in [1.807, 2.05) is 0 Å². The topological polar surface area (TPSA) is 53.1 Å². The maximum atomic E-state index is 10.3. The van der Waals surface area contributed by atoms with Crippen molar-refractivity contribution in [3.05, 3.63) is 15.4 Å². The zero-order chi connectivity index (χ0) is 6.15. The number of H-pyrrole nitrogens is 1. The molecule has 0 fully saturated rings. The van der Waals surface area contributed by atoms with Crippen LogP contribution in [0.5, 0.6) is 5.06 Å². The first-order valence-electron chi connectivity index (χ1n) is 2.09. The summed E-state index contributed by atoms with van der Waals surface area (Å²) in [6.45, 7) is 1.65. The minimum atomic E-state index is -0.208. The lowest BCUT2D eigenvalue weighted by Gasteiger charge is -1.78. The third-order valence-electron chi connectivity index (χ3n) is 0.800. The van der Waals surface area contributed by atoms with E-state index in [4.69, 9.17) is 5.11 Å². The first kappa shape index (κ1) is 5.37. The lowest BCUT2D eigenvalue weighted by Crippen LogP contribution is -1.90. The molecule has 1 heterocycles. The molecule has 0 aromatic carbocycles. The first-order chi connectivity index (χ1) is 3.70. The molecule has 8 heavy (non-hydrogen) atoms. The Labute approximate surface area is 49.6 Å². The van der Waals surface area contributed by atoms with Gasteiger partial charge in [0.1, 0.15) is 0 Å². The van der Waals surface area contributed by atoms with E-state index in [9.17, 15) is 4.79 Å². The van der Waals surface area contributed by atoms with E-state index in [2.05, 4.69) is 4.98 Å². The standard InChI is InChI=1S/C4H5NO2S/c1-2-3(6)8-4(7)5-2/h6H,1H3,(H,5,7). The van der Waals surface area contributed by atoms with Crippen LogP contribution in [0.25, 0.3) is 0 Å². The summed E-state index contributed by atoms with van der Waals surface area (Å²) in [7, 11) is 0. The van der Waals surface area contributed by atoms with Crippen molar-refractivity contribution in [3.8, 4) is 5.06 Å². The van der Waals surface area contributed by atoms with E-state index >= 15 is 0 Å². The Kier molecular flexibility index (Phi) is 1.09. The van der Waals surface area contributed by atoms with Crippen LogP contribution in [0.2, 0.25) is 0 Å². The zero-order valence-electron chi connectivity index (χ0n) is 4.26. The van der Waals surface area contributed by atoms with E-state index in [1.165, 1.54) is 0 Å². The number of hydrogen-bond acceptors (Lipinski definition) is 3. The van der Waals surface area contributed by atoms with Crippen LogP contribution in [-0.4, -0.2) is 10.1 Å². The van der Waals surface area contributed by atoms with Gasteiger partial charge in [-0.25, -0.2) is 0 Å². The van der Waals surface area contributed by atoms with Crippen LogP contribution in [-0.2, 0) is 0 Å².